The van der Waals surface area contributed by atoms with Gasteiger partial charge in [-0.05, 0) is 6.42 Å². The molecule has 0 saturated heterocycles. The van der Waals surface area contributed by atoms with E-state index in [1.807, 2.05) is 6.92 Å². The maximum Gasteiger partial charge on any atom is 0.246 e. The molecule has 6 nitrogen and oxygen atoms in total. The van der Waals surface area contributed by atoms with Crippen LogP contribution < -0.4 is 11.1 Å². The van der Waals surface area contributed by atoms with Crippen LogP contribution in [0.5, 0.6) is 0 Å². The number of rotatable bonds is 6. The summed E-state index contributed by atoms with van der Waals surface area (Å²) in [5.74, 6) is 0.423. The van der Waals surface area contributed by atoms with Crippen molar-refractivity contribution in [3.8, 4) is 0 Å². The predicted octanol–water partition coefficient (Wildman–Crippen LogP) is 0.0451. The highest BCUT2D eigenvalue weighted by molar-refractivity contribution is 5.77. The Balaban J connectivity index is 2.29. The van der Waals surface area contributed by atoms with E-state index in [9.17, 15) is 4.79 Å². The minimum absolute atomic E-state index is 0.0913. The summed E-state index contributed by atoms with van der Waals surface area (Å²) in [6.07, 6.45) is 2.55. The van der Waals surface area contributed by atoms with Crippen LogP contribution >= 0.6 is 0 Å². The Morgan fingerprint density at radius 3 is 3.00 bits per heavy atom. The van der Waals surface area contributed by atoms with E-state index in [1.54, 1.807) is 17.9 Å². The van der Waals surface area contributed by atoms with E-state index in [0.29, 0.717) is 19.0 Å². The van der Waals surface area contributed by atoms with Crippen molar-refractivity contribution in [3.05, 3.63) is 11.8 Å². The second-order valence-corrected chi connectivity index (χ2v) is 3.51. The molecule has 6 heteroatoms. The molecule has 1 aromatic heterocycles. The van der Waals surface area contributed by atoms with E-state index >= 15 is 0 Å². The molecule has 0 spiro atoms. The number of carbonyl (C=O) groups is 1. The van der Waals surface area contributed by atoms with Gasteiger partial charge in [-0.1, -0.05) is 6.92 Å². The van der Waals surface area contributed by atoms with Gasteiger partial charge >= 0.3 is 0 Å². The van der Waals surface area contributed by atoms with E-state index < -0.39 is 0 Å². The summed E-state index contributed by atoms with van der Waals surface area (Å²) in [5, 5.41) is 6.69. The number of hydrogen-bond donors (Lipinski definition) is 2. The number of hydrogen-bond acceptors (Lipinski definition) is 4. The van der Waals surface area contributed by atoms with Gasteiger partial charge in [0.1, 0.15) is 12.4 Å². The molecule has 0 aromatic carbocycles. The average molecular weight is 226 g/mol. The van der Waals surface area contributed by atoms with E-state index in [2.05, 4.69) is 10.4 Å². The molecule has 0 unspecified atom stereocenters. The number of nitrogens with zero attached hydrogens (tertiary/aromatic N) is 2. The second-order valence-electron chi connectivity index (χ2n) is 3.51. The van der Waals surface area contributed by atoms with Crippen LogP contribution in [0.15, 0.2) is 6.20 Å². The fraction of sp³-hybridized carbons (Fsp3) is 0.600. The Morgan fingerprint density at radius 2 is 2.44 bits per heavy atom. The van der Waals surface area contributed by atoms with Crippen molar-refractivity contribution in [2.45, 2.75) is 19.9 Å². The maximum atomic E-state index is 11.3. The molecule has 0 radical (unpaired) electrons. The van der Waals surface area contributed by atoms with Gasteiger partial charge in [-0.15, -0.1) is 0 Å². The summed E-state index contributed by atoms with van der Waals surface area (Å²) in [5.41, 5.74) is 6.54. The molecule has 0 bridgehead atoms. The minimum Gasteiger partial charge on any atom is -0.384 e. The summed E-state index contributed by atoms with van der Waals surface area (Å²) >= 11 is 0. The molecule has 3 N–H and O–H groups in total. The van der Waals surface area contributed by atoms with Crippen LogP contribution in [0.4, 0.5) is 5.82 Å². The van der Waals surface area contributed by atoms with Crippen LogP contribution in [0.1, 0.15) is 18.9 Å². The van der Waals surface area contributed by atoms with Crippen LogP contribution in [0.3, 0.4) is 0 Å². The fourth-order valence-corrected chi connectivity index (χ4v) is 1.18. The third-order valence-corrected chi connectivity index (χ3v) is 2.12. The summed E-state index contributed by atoms with van der Waals surface area (Å²) in [6, 6.07) is 0. The largest absolute Gasteiger partial charge is 0.384 e. The average Bonchev–Trinajstić information content (AvgIpc) is 2.58. The highest BCUT2D eigenvalue weighted by Crippen LogP contribution is 2.07. The Bertz CT molecular complexity index is 349. The molecule has 0 aliphatic rings. The lowest BCUT2D eigenvalue weighted by Gasteiger charge is -2.05. The summed E-state index contributed by atoms with van der Waals surface area (Å²) in [6.45, 7) is 3.07. The van der Waals surface area contributed by atoms with Gasteiger partial charge in [0.2, 0.25) is 5.91 Å². The first kappa shape index (κ1) is 12.5. The zero-order valence-electron chi connectivity index (χ0n) is 9.69. The zero-order chi connectivity index (χ0) is 12.0. The third kappa shape index (κ3) is 3.54. The molecule has 16 heavy (non-hydrogen) atoms. The molecule has 0 aliphatic heterocycles. The van der Waals surface area contributed by atoms with E-state index in [4.69, 9.17) is 10.5 Å². The van der Waals surface area contributed by atoms with Gasteiger partial charge in [0.25, 0.3) is 0 Å². The highest BCUT2D eigenvalue weighted by atomic mass is 16.5. The van der Waals surface area contributed by atoms with Crippen LogP contribution in [-0.2, 0) is 23.1 Å². The van der Waals surface area contributed by atoms with Crippen molar-refractivity contribution in [2.24, 2.45) is 7.05 Å². The lowest BCUT2D eigenvalue weighted by molar-refractivity contribution is -0.125. The van der Waals surface area contributed by atoms with Gasteiger partial charge in [0, 0.05) is 25.8 Å². The van der Waals surface area contributed by atoms with Crippen LogP contribution in [-0.4, -0.2) is 28.9 Å². The van der Waals surface area contributed by atoms with Crippen molar-refractivity contribution < 1.29 is 9.53 Å². The molecule has 1 heterocycles. The standard InChI is InChI=1S/C10H18N4O2/c1-3-4-16-7-9(15)12-5-8-6-13-14(2)10(8)11/h6H,3-5,7,11H2,1-2H3,(H,12,15). The van der Waals surface area contributed by atoms with Gasteiger partial charge < -0.3 is 15.8 Å². The monoisotopic (exact) mass is 226 g/mol. The number of ether oxygens (including phenoxy) is 1. The van der Waals surface area contributed by atoms with Crippen molar-refractivity contribution in [3.63, 3.8) is 0 Å². The third-order valence-electron chi connectivity index (χ3n) is 2.12. The Labute approximate surface area is 94.8 Å². The lowest BCUT2D eigenvalue weighted by Crippen LogP contribution is -2.27. The molecule has 0 saturated carbocycles. The number of nitrogen functional groups attached to an aromatic ring is 1. The molecule has 0 aliphatic carbocycles. The van der Waals surface area contributed by atoms with Gasteiger partial charge in [-0.3, -0.25) is 9.48 Å². The topological polar surface area (TPSA) is 82.2 Å². The van der Waals surface area contributed by atoms with E-state index in [-0.39, 0.29) is 12.5 Å². The fourth-order valence-electron chi connectivity index (χ4n) is 1.18. The summed E-state index contributed by atoms with van der Waals surface area (Å²) in [7, 11) is 1.75. The quantitative estimate of drug-likeness (QED) is 0.671. The summed E-state index contributed by atoms with van der Waals surface area (Å²) < 4.78 is 6.67. The molecule has 1 amide bonds. The predicted molar refractivity (Wildman–Crippen MR) is 60.6 cm³/mol. The number of aromatic nitrogens is 2. The highest BCUT2D eigenvalue weighted by Gasteiger charge is 2.06. The first-order chi connectivity index (χ1) is 7.65. The second kappa shape index (κ2) is 6.12. The number of aryl methyl sites for hydroxylation is 1. The van der Waals surface area contributed by atoms with E-state index in [0.717, 1.165) is 12.0 Å². The molecular formula is C10H18N4O2. The van der Waals surface area contributed by atoms with Crippen LogP contribution in [0, 0.1) is 0 Å². The maximum absolute atomic E-state index is 11.3. The van der Waals surface area contributed by atoms with Crippen LogP contribution in [0.2, 0.25) is 0 Å². The smallest absolute Gasteiger partial charge is 0.246 e. The number of anilines is 1. The molecule has 90 valence electrons. The lowest BCUT2D eigenvalue weighted by atomic mass is 10.3. The normalized spacial score (nSPS) is 10.4. The Morgan fingerprint density at radius 1 is 1.69 bits per heavy atom. The Kier molecular flexibility index (Phi) is 4.78. The number of carbonyl (C=O) groups excluding carboxylic acids is 1. The van der Waals surface area contributed by atoms with Crippen LogP contribution in [0.25, 0.3) is 0 Å². The molecule has 0 atom stereocenters. The molecule has 0 fully saturated rings. The van der Waals surface area contributed by atoms with Crippen molar-refractivity contribution in [1.82, 2.24) is 15.1 Å². The van der Waals surface area contributed by atoms with Gasteiger partial charge in [0.15, 0.2) is 0 Å². The molecular weight excluding hydrogens is 208 g/mol. The van der Waals surface area contributed by atoms with Gasteiger partial charge in [-0.25, -0.2) is 0 Å². The SMILES string of the molecule is CCCOCC(=O)NCc1cnn(C)c1N. The van der Waals surface area contributed by atoms with Gasteiger partial charge in [0.05, 0.1) is 6.20 Å². The molecule has 1 rings (SSSR count). The van der Waals surface area contributed by atoms with Gasteiger partial charge in [-0.2, -0.15) is 5.10 Å². The summed E-state index contributed by atoms with van der Waals surface area (Å²) in [4.78, 5) is 11.3. The minimum atomic E-state index is -0.142. The first-order valence-corrected chi connectivity index (χ1v) is 5.26. The zero-order valence-corrected chi connectivity index (χ0v) is 9.69. The van der Waals surface area contributed by atoms with Crippen molar-refractivity contribution in [2.75, 3.05) is 18.9 Å². The Hall–Kier alpha value is -1.56. The number of nitrogens with two attached hydrogens (primary N) is 1. The van der Waals surface area contributed by atoms with Crippen molar-refractivity contribution >= 4 is 11.7 Å². The van der Waals surface area contributed by atoms with E-state index in [1.165, 1.54) is 0 Å². The number of amides is 1. The van der Waals surface area contributed by atoms with Crippen molar-refractivity contribution in [1.29, 1.82) is 0 Å². The first-order valence-electron chi connectivity index (χ1n) is 5.26. The number of nitrogens with one attached hydrogen (secondary N) is 1. The molecule has 1 aromatic rings.